The molecule has 1 aromatic carbocycles. The second-order valence-corrected chi connectivity index (χ2v) is 11.4. The molecule has 2 aromatic rings. The first-order valence-corrected chi connectivity index (χ1v) is 15.1. The van der Waals surface area contributed by atoms with Crippen molar-refractivity contribution in [1.29, 1.82) is 5.41 Å². The first-order valence-electron chi connectivity index (χ1n) is 15.1. The Morgan fingerprint density at radius 3 is 2.47 bits per heavy atom. The minimum Gasteiger partial charge on any atom is -0.480 e. The molecule has 1 aliphatic heterocycles. The number of hydrogen-bond acceptors (Lipinski definition) is 8. The van der Waals surface area contributed by atoms with Crippen molar-refractivity contribution in [3.8, 4) is 0 Å². The Hall–Kier alpha value is -4.43. The summed E-state index contributed by atoms with van der Waals surface area (Å²) >= 11 is 0. The van der Waals surface area contributed by atoms with E-state index in [4.69, 9.17) is 21.3 Å². The van der Waals surface area contributed by atoms with Crippen molar-refractivity contribution in [1.82, 2.24) is 20.9 Å². The lowest BCUT2D eigenvalue weighted by Gasteiger charge is -2.23. The highest BCUT2D eigenvalue weighted by atomic mass is 16.4. The number of carbonyl (C=O) groups is 4. The number of rotatable bonds is 16. The molecular weight excluding hydrogens is 582 g/mol. The lowest BCUT2D eigenvalue weighted by atomic mass is 10.0. The molecule has 0 saturated carbocycles. The lowest BCUT2D eigenvalue weighted by Crippen LogP contribution is -2.54. The molecule has 4 unspecified atom stereocenters. The summed E-state index contributed by atoms with van der Waals surface area (Å²) < 4.78 is 5.90. The molecule has 0 saturated heterocycles. The van der Waals surface area contributed by atoms with E-state index < -0.39 is 47.9 Å². The van der Waals surface area contributed by atoms with Crippen LogP contribution in [0.5, 0.6) is 0 Å². The third-order valence-electron chi connectivity index (χ3n) is 7.92. The molecule has 14 nitrogen and oxygen atoms in total. The quantitative estimate of drug-likeness (QED) is 0.0552. The summed E-state index contributed by atoms with van der Waals surface area (Å²) in [5.41, 5.74) is 14.8. The first kappa shape index (κ1) is 35.1. The second-order valence-electron chi connectivity index (χ2n) is 11.4. The van der Waals surface area contributed by atoms with Crippen LogP contribution in [0.3, 0.4) is 0 Å². The monoisotopic (exact) mass is 627 g/mol. The average molecular weight is 628 g/mol. The van der Waals surface area contributed by atoms with Gasteiger partial charge in [0.2, 0.25) is 17.7 Å². The number of carbonyl (C=O) groups excluding carboxylic acids is 3. The molecule has 14 heteroatoms. The zero-order chi connectivity index (χ0) is 33.3. The number of aliphatic hydroxyl groups is 1. The van der Waals surface area contributed by atoms with Gasteiger partial charge in [-0.25, -0.2) is 4.79 Å². The third-order valence-corrected chi connectivity index (χ3v) is 7.92. The standard InChI is InChI=1S/C31H45N7O7/c1-4-19-8-9-24-21(13-19)17(2)25(45-24)15-23(30(43)44)36-26(40)7-5-6-11-35-28(41)22(37-29(42)27(32)18(3)39)14-20-10-12-38(16-20)31(33)34/h8-10,13,18,22-23,27,39H,4-7,11-12,14-16,32H2,1-3H3,(H3,33,34)(H,35,41)(H,36,40)(H,37,42)(H,43,44). The Labute approximate surface area is 262 Å². The van der Waals surface area contributed by atoms with Crippen LogP contribution in [0.2, 0.25) is 0 Å². The molecule has 0 aliphatic carbocycles. The van der Waals surface area contributed by atoms with Crippen LogP contribution in [0.4, 0.5) is 0 Å². The van der Waals surface area contributed by atoms with Crippen LogP contribution in [-0.4, -0.2) is 88.6 Å². The van der Waals surface area contributed by atoms with Crippen LogP contribution in [0.15, 0.2) is 34.3 Å². The topological polar surface area (TPSA) is 237 Å². The maximum atomic E-state index is 13.0. The molecular formula is C31H45N7O7. The fraction of sp³-hybridized carbons (Fsp3) is 0.516. The van der Waals surface area contributed by atoms with Crippen molar-refractivity contribution in [2.24, 2.45) is 11.5 Å². The number of nitrogens with two attached hydrogens (primary N) is 2. The minimum atomic E-state index is -1.22. The van der Waals surface area contributed by atoms with Gasteiger partial charge in [-0.3, -0.25) is 19.8 Å². The lowest BCUT2D eigenvalue weighted by molar-refractivity contribution is -0.141. The predicted octanol–water partition coefficient (Wildman–Crippen LogP) is 0.420. The fourth-order valence-electron chi connectivity index (χ4n) is 5.03. The van der Waals surface area contributed by atoms with Gasteiger partial charge in [-0.15, -0.1) is 0 Å². The van der Waals surface area contributed by atoms with Crippen molar-refractivity contribution < 1.29 is 33.8 Å². The Bertz CT molecular complexity index is 1430. The fourth-order valence-corrected chi connectivity index (χ4v) is 5.03. The van der Waals surface area contributed by atoms with Gasteiger partial charge in [0.1, 0.15) is 29.5 Å². The van der Waals surface area contributed by atoms with E-state index in [0.717, 1.165) is 28.5 Å². The molecule has 0 radical (unpaired) electrons. The molecule has 2 heterocycles. The number of amides is 3. The van der Waals surface area contributed by atoms with E-state index in [9.17, 15) is 29.4 Å². The highest BCUT2D eigenvalue weighted by molar-refractivity contribution is 5.90. The van der Waals surface area contributed by atoms with E-state index in [-0.39, 0.29) is 31.8 Å². The Morgan fingerprint density at radius 1 is 1.11 bits per heavy atom. The number of hydrogen-bond donors (Lipinski definition) is 8. The molecule has 1 aliphatic rings. The Balaban J connectivity index is 1.49. The van der Waals surface area contributed by atoms with E-state index in [1.165, 1.54) is 6.92 Å². The van der Waals surface area contributed by atoms with Gasteiger partial charge in [-0.2, -0.15) is 0 Å². The van der Waals surface area contributed by atoms with Crippen LogP contribution >= 0.6 is 0 Å². The number of nitrogens with zero attached hydrogens (tertiary/aromatic N) is 1. The van der Waals surface area contributed by atoms with E-state index in [1.807, 2.05) is 31.2 Å². The van der Waals surface area contributed by atoms with Gasteiger partial charge >= 0.3 is 5.97 Å². The second kappa shape index (κ2) is 16.0. The predicted molar refractivity (Wildman–Crippen MR) is 168 cm³/mol. The number of unbranched alkanes of at least 4 members (excludes halogenated alkanes) is 1. The van der Waals surface area contributed by atoms with Crippen LogP contribution in [-0.2, 0) is 32.0 Å². The van der Waals surface area contributed by atoms with Gasteiger partial charge in [0.25, 0.3) is 0 Å². The highest BCUT2D eigenvalue weighted by Gasteiger charge is 2.28. The number of carboxylic acids is 1. The summed E-state index contributed by atoms with van der Waals surface area (Å²) in [7, 11) is 0. The van der Waals surface area contributed by atoms with Gasteiger partial charge in [0.15, 0.2) is 5.96 Å². The molecule has 10 N–H and O–H groups in total. The zero-order valence-corrected chi connectivity index (χ0v) is 26.0. The molecule has 3 rings (SSSR count). The highest BCUT2D eigenvalue weighted by Crippen LogP contribution is 2.27. The molecule has 0 bridgehead atoms. The summed E-state index contributed by atoms with van der Waals surface area (Å²) in [6.45, 7) is 6.27. The van der Waals surface area contributed by atoms with Crippen molar-refractivity contribution in [2.75, 3.05) is 19.6 Å². The molecule has 246 valence electrons. The van der Waals surface area contributed by atoms with Gasteiger partial charge in [0, 0.05) is 37.9 Å². The maximum absolute atomic E-state index is 13.0. The summed E-state index contributed by atoms with van der Waals surface area (Å²) in [5, 5.41) is 35.9. The number of aryl methyl sites for hydroxylation is 2. The average Bonchev–Trinajstić information content (AvgIpc) is 3.59. The minimum absolute atomic E-state index is 0.00549. The number of fused-ring (bicyclic) bond motifs is 1. The van der Waals surface area contributed by atoms with Gasteiger partial charge < -0.3 is 46.9 Å². The summed E-state index contributed by atoms with van der Waals surface area (Å²) in [6, 6.07) is 2.50. The summed E-state index contributed by atoms with van der Waals surface area (Å²) in [5.74, 6) is -2.34. The Morgan fingerprint density at radius 2 is 1.84 bits per heavy atom. The Kier molecular flexibility index (Phi) is 12.5. The number of benzene rings is 1. The molecule has 0 spiro atoms. The SMILES string of the molecule is CCc1ccc2oc(CC(NC(=O)CCCCNC(=O)C(CC3=CCN(C(=N)N)C3)NC(=O)C(N)C(C)O)C(=O)O)c(C)c2c1. The first-order chi connectivity index (χ1) is 21.3. The van der Waals surface area contributed by atoms with E-state index in [2.05, 4.69) is 22.9 Å². The van der Waals surface area contributed by atoms with Crippen molar-refractivity contribution in [3.63, 3.8) is 0 Å². The number of carboxylic acid groups (broad SMARTS) is 1. The molecule has 1 aromatic heterocycles. The largest absolute Gasteiger partial charge is 0.480 e. The van der Waals surface area contributed by atoms with Gasteiger partial charge in [0.05, 0.1) is 6.10 Å². The van der Waals surface area contributed by atoms with Crippen LogP contribution in [0.25, 0.3) is 11.0 Å². The smallest absolute Gasteiger partial charge is 0.326 e. The summed E-state index contributed by atoms with van der Waals surface area (Å²) in [6.07, 6.45) is 2.61. The molecule has 0 fully saturated rings. The molecule has 4 atom stereocenters. The van der Waals surface area contributed by atoms with E-state index >= 15 is 0 Å². The zero-order valence-electron chi connectivity index (χ0n) is 26.0. The van der Waals surface area contributed by atoms with Crippen molar-refractivity contribution in [2.45, 2.75) is 83.5 Å². The van der Waals surface area contributed by atoms with Crippen molar-refractivity contribution >= 4 is 40.6 Å². The molecule has 3 amide bonds. The normalized spacial score (nSPS) is 15.6. The van der Waals surface area contributed by atoms with Gasteiger partial charge in [-0.05, 0) is 62.8 Å². The number of aliphatic carboxylic acids is 1. The van der Waals surface area contributed by atoms with Crippen LogP contribution in [0.1, 0.15) is 56.4 Å². The van der Waals surface area contributed by atoms with Crippen LogP contribution < -0.4 is 27.4 Å². The maximum Gasteiger partial charge on any atom is 0.326 e. The number of nitrogens with one attached hydrogen (secondary N) is 4. The number of furan rings is 1. The number of aliphatic hydroxyl groups excluding tert-OH is 1. The van der Waals surface area contributed by atoms with Gasteiger partial charge in [-0.1, -0.05) is 24.6 Å². The third kappa shape index (κ3) is 9.78. The molecule has 45 heavy (non-hydrogen) atoms. The number of guanidine groups is 1. The summed E-state index contributed by atoms with van der Waals surface area (Å²) in [4.78, 5) is 51.6. The van der Waals surface area contributed by atoms with E-state index in [0.29, 0.717) is 37.3 Å². The van der Waals surface area contributed by atoms with Crippen LogP contribution in [0, 0.1) is 12.3 Å². The van der Waals surface area contributed by atoms with E-state index in [1.54, 1.807) is 4.90 Å². The van der Waals surface area contributed by atoms with Crippen molar-refractivity contribution in [3.05, 3.63) is 46.7 Å².